The fourth-order valence-electron chi connectivity index (χ4n) is 5.64. The van der Waals surface area contributed by atoms with Crippen molar-refractivity contribution in [3.63, 3.8) is 0 Å². The molecule has 0 spiro atoms. The van der Waals surface area contributed by atoms with Crippen LogP contribution in [-0.2, 0) is 74.6 Å². The van der Waals surface area contributed by atoms with Crippen molar-refractivity contribution in [2.75, 3.05) is 11.5 Å². The van der Waals surface area contributed by atoms with Gasteiger partial charge in [0.2, 0.25) is 0 Å². The second-order valence-electron chi connectivity index (χ2n) is 11.8. The van der Waals surface area contributed by atoms with Gasteiger partial charge in [-0.2, -0.15) is 20.5 Å². The molecule has 0 bridgehead atoms. The monoisotopic (exact) mass is 1090 g/mol. The molecule has 0 saturated carbocycles. The van der Waals surface area contributed by atoms with Gasteiger partial charge in [0.15, 0.2) is 0 Å². The molecule has 0 unspecified atom stereocenters. The Morgan fingerprint density at radius 2 is 0.656 bits per heavy atom. The minimum atomic E-state index is -5.47. The average Bonchev–Trinajstić information content (AvgIpc) is 3.09. The van der Waals surface area contributed by atoms with Gasteiger partial charge in [0.25, 0.3) is 0 Å². The molecule has 0 heterocycles. The Labute approximate surface area is 472 Å². The van der Waals surface area contributed by atoms with Gasteiger partial charge in [-0.3, -0.25) is 0 Å². The molecule has 0 fully saturated rings. The van der Waals surface area contributed by atoms with Crippen LogP contribution in [0.1, 0.15) is 0 Å². The third-order valence-corrected chi connectivity index (χ3v) is 11.8. The smallest absolute Gasteiger partial charge is 0.871 e. The van der Waals surface area contributed by atoms with E-state index in [0.717, 1.165) is 48.5 Å². The maximum atomic E-state index is 13.2. The molecule has 22 nitrogen and oxygen atoms in total. The van der Waals surface area contributed by atoms with Crippen LogP contribution in [-0.4, -0.2) is 51.9 Å². The number of nitrogen functional groups attached to an aromatic ring is 2. The Kier molecular flexibility index (Phi) is 22.7. The van der Waals surface area contributed by atoms with Gasteiger partial charge in [-0.05, 0) is 47.5 Å². The molecule has 6 rings (SSSR count). The number of rotatable bonds is 9. The molecule has 0 aliphatic carbocycles. The van der Waals surface area contributed by atoms with Gasteiger partial charge in [-0.25, -0.2) is 33.7 Å². The Bertz CT molecular complexity index is 3120. The summed E-state index contributed by atoms with van der Waals surface area (Å²) < 4.78 is 141. The molecule has 0 aliphatic heterocycles. The summed E-state index contributed by atoms with van der Waals surface area (Å²) in [4.78, 5) is -5.08. The van der Waals surface area contributed by atoms with Gasteiger partial charge in [-0.15, -0.1) is 0 Å². The molecule has 0 atom stereocenters. The van der Waals surface area contributed by atoms with Gasteiger partial charge < -0.3 is 50.1 Å². The second-order valence-corrected chi connectivity index (χ2v) is 17.2. The molecular formula is C32H16Cu2N6Na4O16S4. The van der Waals surface area contributed by atoms with E-state index in [4.69, 9.17) is 11.5 Å². The molecule has 2 radical (unpaired) electrons. The largest absolute Gasteiger partial charge is 2.00 e. The van der Waals surface area contributed by atoms with Crippen LogP contribution in [0, 0.1) is 0 Å². The topological polar surface area (TPSA) is 423 Å². The zero-order chi connectivity index (χ0) is 42.9. The van der Waals surface area contributed by atoms with E-state index in [1.165, 1.54) is 12.1 Å². The molecule has 6 aromatic rings. The first-order valence-electron chi connectivity index (χ1n) is 15.2. The Hall–Kier alpha value is -1.48. The molecule has 0 aromatic heterocycles. The van der Waals surface area contributed by atoms with Crippen molar-refractivity contribution in [3.05, 3.63) is 72.8 Å². The second kappa shape index (κ2) is 23.2. The number of hydrogen-bond acceptors (Lipinski definition) is 22. The number of fused-ring (bicyclic) bond motifs is 2. The van der Waals surface area contributed by atoms with Crippen LogP contribution in [0.25, 0.3) is 32.7 Å². The number of hydrogen-bond donors (Lipinski definition) is 2. The van der Waals surface area contributed by atoms with Crippen molar-refractivity contribution in [3.8, 4) is 34.1 Å². The fraction of sp³-hybridized carbons (Fsp3) is 0. The van der Waals surface area contributed by atoms with E-state index in [9.17, 15) is 72.3 Å². The fourth-order valence-corrected chi connectivity index (χ4v) is 8.46. The van der Waals surface area contributed by atoms with Crippen LogP contribution < -0.4 is 150 Å². The minimum absolute atomic E-state index is 0. The maximum absolute atomic E-state index is 13.2. The van der Waals surface area contributed by atoms with Gasteiger partial charge in [0, 0.05) is 21.5 Å². The number of nitrogens with zero attached hydrogens (tertiary/aromatic N) is 4. The van der Waals surface area contributed by atoms with Crippen molar-refractivity contribution < 1.29 is 225 Å². The standard InChI is InChI=1S/C32H24N6O16S4.2Cu.4Na/c33-29-25(57(49,50)51)11-23(55(43,44)45)15-3-7-19(31(41)27(15)29)37-35-17-5-1-13(9-21(17)39)14-2-6-18(22(40)10-14)36-38-20-8-4-16-24(56(46,47)48)12-26(58(52,53)54)30(34)28(16)32(20)42;;;;;;/h1-12,39-42H,33-34H2,(H,43,44,45)(H,46,47,48)(H,49,50,51)(H,52,53,54);;;;;;/q;2*+2;4*+1/p-8. The van der Waals surface area contributed by atoms with Gasteiger partial charge in [0.1, 0.15) is 40.5 Å². The van der Waals surface area contributed by atoms with Crippen molar-refractivity contribution in [2.45, 2.75) is 19.6 Å². The Morgan fingerprint density at radius 1 is 0.391 bits per heavy atom. The summed E-state index contributed by atoms with van der Waals surface area (Å²) >= 11 is 0. The Morgan fingerprint density at radius 3 is 0.922 bits per heavy atom. The van der Waals surface area contributed by atoms with Crippen LogP contribution in [0.5, 0.6) is 23.0 Å². The third kappa shape index (κ3) is 13.0. The molecule has 4 N–H and O–H groups in total. The van der Waals surface area contributed by atoms with Crippen LogP contribution in [0.15, 0.2) is 113 Å². The van der Waals surface area contributed by atoms with Gasteiger partial charge in [0.05, 0.1) is 53.7 Å². The first kappa shape index (κ1) is 62.5. The van der Waals surface area contributed by atoms with Crippen LogP contribution >= 0.6 is 0 Å². The zero-order valence-corrected chi connectivity index (χ0v) is 45.8. The van der Waals surface area contributed by atoms with Crippen molar-refractivity contribution in [1.82, 2.24) is 0 Å². The Balaban J connectivity index is 0.00000661. The average molecular weight is 1090 g/mol. The molecule has 320 valence electrons. The summed E-state index contributed by atoms with van der Waals surface area (Å²) in [6.45, 7) is 0. The molecular weight excluding hydrogens is 1070 g/mol. The minimum Gasteiger partial charge on any atom is -0.871 e. The molecule has 0 aliphatic rings. The van der Waals surface area contributed by atoms with E-state index in [-0.39, 0.29) is 187 Å². The van der Waals surface area contributed by atoms with Crippen LogP contribution in [0.2, 0.25) is 0 Å². The first-order valence-corrected chi connectivity index (χ1v) is 20.8. The number of benzene rings is 6. The summed E-state index contributed by atoms with van der Waals surface area (Å²) in [5.74, 6) is -4.07. The molecule has 32 heteroatoms. The summed E-state index contributed by atoms with van der Waals surface area (Å²) in [5.41, 5.74) is 7.91. The van der Waals surface area contributed by atoms with E-state index in [1.807, 2.05) is 0 Å². The van der Waals surface area contributed by atoms with Gasteiger partial charge in [-0.1, -0.05) is 59.4 Å². The predicted octanol–water partition coefficient (Wildman–Crippen LogP) is -10.4. The third-order valence-electron chi connectivity index (χ3n) is 8.26. The summed E-state index contributed by atoms with van der Waals surface area (Å²) in [5, 5.41) is 64.0. The number of anilines is 2. The van der Waals surface area contributed by atoms with Crippen molar-refractivity contribution in [1.29, 1.82) is 0 Å². The number of azo groups is 2. The van der Waals surface area contributed by atoms with E-state index >= 15 is 0 Å². The number of nitrogens with two attached hydrogens (primary N) is 2. The van der Waals surface area contributed by atoms with Crippen LogP contribution in [0.3, 0.4) is 0 Å². The quantitative estimate of drug-likeness (QED) is 0.0587. The maximum Gasteiger partial charge on any atom is 2.00 e. The molecule has 0 amide bonds. The SMILES string of the molecule is Nc1c(S(=O)(=O)[O-])cc(S(=O)(=O)[O-])c2ccc(N=Nc3ccc(-c4ccc(N=Nc5ccc6c(S(=O)(=O)[O-])cc(S(=O)(=O)[O-])c(N)c6c5[O-])c([O-])c4)cc3[O-])c([O-])c12.[Cu+2].[Cu+2].[Na+].[Na+].[Na+].[Na+]. The summed E-state index contributed by atoms with van der Waals surface area (Å²) in [7, 11) is -21.8. The van der Waals surface area contributed by atoms with Crippen molar-refractivity contribution in [2.24, 2.45) is 20.5 Å². The first-order chi connectivity index (χ1) is 26.8. The van der Waals surface area contributed by atoms with Gasteiger partial charge >= 0.3 is 152 Å². The predicted molar refractivity (Wildman–Crippen MR) is 187 cm³/mol. The van der Waals surface area contributed by atoms with Crippen LogP contribution in [0.4, 0.5) is 34.1 Å². The zero-order valence-electron chi connectivity index (χ0n) is 32.6. The van der Waals surface area contributed by atoms with E-state index < -0.39 is 127 Å². The molecule has 0 saturated heterocycles. The molecule has 64 heavy (non-hydrogen) atoms. The van der Waals surface area contributed by atoms with E-state index in [2.05, 4.69) is 20.5 Å². The normalized spacial score (nSPS) is 11.8. The van der Waals surface area contributed by atoms with E-state index in [0.29, 0.717) is 0 Å². The molecule has 6 aromatic carbocycles. The van der Waals surface area contributed by atoms with Crippen molar-refractivity contribution >= 4 is 96.1 Å². The summed E-state index contributed by atoms with van der Waals surface area (Å²) in [6, 6.07) is 11.0. The van der Waals surface area contributed by atoms with E-state index in [1.54, 1.807) is 0 Å². The summed E-state index contributed by atoms with van der Waals surface area (Å²) in [6.07, 6.45) is 0.